The molecule has 0 heterocycles. The summed E-state index contributed by atoms with van der Waals surface area (Å²) in [5.74, 6) is -2.06. The molecule has 0 radical (unpaired) electrons. The zero-order valence-electron chi connectivity index (χ0n) is 11.7. The van der Waals surface area contributed by atoms with E-state index >= 15 is 0 Å². The number of hydrogen-bond donors (Lipinski definition) is 2. The third-order valence-corrected chi connectivity index (χ3v) is 3.17. The lowest BCUT2D eigenvalue weighted by Crippen LogP contribution is -2.27. The van der Waals surface area contributed by atoms with E-state index < -0.39 is 23.6 Å². The maximum absolute atomic E-state index is 13.6. The summed E-state index contributed by atoms with van der Waals surface area (Å²) in [5.41, 5.74) is 1.10. The van der Waals surface area contributed by atoms with E-state index in [0.29, 0.717) is 0 Å². The third-order valence-electron chi connectivity index (χ3n) is 3.17. The maximum atomic E-state index is 13.6. The van der Waals surface area contributed by atoms with Crippen LogP contribution < -0.4 is 5.32 Å². The molecular formula is C16H15F2NO2. The lowest BCUT2D eigenvalue weighted by atomic mass is 10.1. The molecule has 21 heavy (non-hydrogen) atoms. The van der Waals surface area contributed by atoms with Gasteiger partial charge < -0.3 is 10.4 Å². The van der Waals surface area contributed by atoms with E-state index in [4.69, 9.17) is 0 Å². The van der Waals surface area contributed by atoms with Crippen LogP contribution in [0.2, 0.25) is 0 Å². The molecule has 3 nitrogen and oxygen atoms in total. The zero-order chi connectivity index (χ0) is 15.6. The third kappa shape index (κ3) is 3.37. The zero-order valence-corrected chi connectivity index (χ0v) is 11.7. The molecule has 1 amide bonds. The first-order valence-corrected chi connectivity index (χ1v) is 6.44. The Balaban J connectivity index is 2.18. The Hall–Kier alpha value is -2.43. The number of amides is 1. The lowest BCUT2D eigenvalue weighted by Gasteiger charge is -2.15. The quantitative estimate of drug-likeness (QED) is 0.909. The topological polar surface area (TPSA) is 49.3 Å². The second-order valence-electron chi connectivity index (χ2n) is 4.88. The summed E-state index contributed by atoms with van der Waals surface area (Å²) in [6.45, 7) is 3.37. The van der Waals surface area contributed by atoms with Gasteiger partial charge in [0, 0.05) is 11.6 Å². The van der Waals surface area contributed by atoms with Crippen molar-refractivity contribution in [3.05, 3.63) is 64.7 Å². The minimum absolute atomic E-state index is 0.106. The first-order chi connectivity index (χ1) is 9.88. The normalized spacial score (nSPS) is 12.0. The van der Waals surface area contributed by atoms with Gasteiger partial charge in [0.15, 0.2) is 0 Å². The molecule has 5 heteroatoms. The van der Waals surface area contributed by atoms with Gasteiger partial charge in [-0.2, -0.15) is 0 Å². The van der Waals surface area contributed by atoms with Crippen LogP contribution in [0.25, 0.3) is 0 Å². The van der Waals surface area contributed by atoms with Crippen molar-refractivity contribution >= 4 is 5.91 Å². The minimum Gasteiger partial charge on any atom is -0.507 e. The van der Waals surface area contributed by atoms with Crippen LogP contribution in [0.4, 0.5) is 8.78 Å². The molecule has 1 unspecified atom stereocenters. The summed E-state index contributed by atoms with van der Waals surface area (Å²) in [6.07, 6.45) is 0. The predicted octanol–water partition coefficient (Wildman–Crippen LogP) is 3.47. The van der Waals surface area contributed by atoms with Crippen molar-refractivity contribution in [1.29, 1.82) is 0 Å². The molecule has 0 aromatic heterocycles. The smallest absolute Gasteiger partial charge is 0.255 e. The molecule has 1 atom stereocenters. The fourth-order valence-electron chi connectivity index (χ4n) is 2.04. The number of carbonyl (C=O) groups is 1. The molecule has 2 aromatic rings. The number of phenols is 1. The molecule has 2 aromatic carbocycles. The largest absolute Gasteiger partial charge is 0.507 e. The number of halogens is 2. The van der Waals surface area contributed by atoms with Gasteiger partial charge in [-0.15, -0.1) is 0 Å². The van der Waals surface area contributed by atoms with Crippen LogP contribution in [0.1, 0.15) is 34.5 Å². The molecule has 0 aliphatic heterocycles. The number of phenolic OH excluding ortho intramolecular Hbond substituents is 1. The summed E-state index contributed by atoms with van der Waals surface area (Å²) in [5, 5.41) is 12.3. The number of benzene rings is 2. The van der Waals surface area contributed by atoms with Crippen molar-refractivity contribution < 1.29 is 18.7 Å². The van der Waals surface area contributed by atoms with Gasteiger partial charge in [0.2, 0.25) is 0 Å². The van der Waals surface area contributed by atoms with Crippen molar-refractivity contribution in [2.45, 2.75) is 19.9 Å². The molecule has 110 valence electrons. The minimum atomic E-state index is -0.726. The summed E-state index contributed by atoms with van der Waals surface area (Å²) in [7, 11) is 0. The van der Waals surface area contributed by atoms with Crippen molar-refractivity contribution in [2.24, 2.45) is 0 Å². The molecule has 0 saturated carbocycles. The Labute approximate surface area is 121 Å². The van der Waals surface area contributed by atoms with E-state index in [-0.39, 0.29) is 16.9 Å². The second-order valence-corrected chi connectivity index (χ2v) is 4.88. The maximum Gasteiger partial charge on any atom is 0.255 e. The highest BCUT2D eigenvalue weighted by Crippen LogP contribution is 2.21. The first-order valence-electron chi connectivity index (χ1n) is 6.44. The number of carbonyl (C=O) groups excluding carboxylic acids is 1. The molecule has 0 bridgehead atoms. The van der Waals surface area contributed by atoms with E-state index in [0.717, 1.165) is 17.7 Å². The van der Waals surface area contributed by atoms with E-state index in [9.17, 15) is 18.7 Å². The highest BCUT2D eigenvalue weighted by atomic mass is 19.1. The average Bonchev–Trinajstić information content (AvgIpc) is 2.37. The average molecular weight is 291 g/mol. The van der Waals surface area contributed by atoms with Gasteiger partial charge in [-0.3, -0.25) is 4.79 Å². The number of rotatable bonds is 3. The van der Waals surface area contributed by atoms with Crippen LogP contribution in [0.15, 0.2) is 36.4 Å². The summed E-state index contributed by atoms with van der Waals surface area (Å²) in [4.78, 5) is 12.1. The Bertz CT molecular complexity index is 686. The Morgan fingerprint density at radius 1 is 1.19 bits per heavy atom. The monoisotopic (exact) mass is 291 g/mol. The Kier molecular flexibility index (Phi) is 4.21. The fraction of sp³-hybridized carbons (Fsp3) is 0.188. The van der Waals surface area contributed by atoms with Gasteiger partial charge in [-0.25, -0.2) is 8.78 Å². The Morgan fingerprint density at radius 3 is 2.52 bits per heavy atom. The second kappa shape index (κ2) is 5.91. The summed E-state index contributed by atoms with van der Waals surface area (Å²) >= 11 is 0. The van der Waals surface area contributed by atoms with E-state index in [1.165, 1.54) is 18.2 Å². The van der Waals surface area contributed by atoms with Gasteiger partial charge >= 0.3 is 0 Å². The van der Waals surface area contributed by atoms with Crippen LogP contribution in [0.5, 0.6) is 5.75 Å². The molecule has 0 aliphatic rings. The standard InChI is InChI=1S/C16H15F2NO2/c1-9-3-5-13(15(20)7-9)16(21)19-10(2)12-6-4-11(17)8-14(12)18/h3-8,10,20H,1-2H3,(H,19,21). The van der Waals surface area contributed by atoms with E-state index in [1.807, 2.05) is 0 Å². The Morgan fingerprint density at radius 2 is 1.90 bits per heavy atom. The lowest BCUT2D eigenvalue weighted by molar-refractivity contribution is 0.0936. The van der Waals surface area contributed by atoms with Crippen LogP contribution in [-0.4, -0.2) is 11.0 Å². The van der Waals surface area contributed by atoms with Gasteiger partial charge in [-0.1, -0.05) is 12.1 Å². The predicted molar refractivity (Wildman–Crippen MR) is 75.1 cm³/mol. The van der Waals surface area contributed by atoms with Crippen molar-refractivity contribution in [1.82, 2.24) is 5.32 Å². The van der Waals surface area contributed by atoms with Crippen molar-refractivity contribution in [3.8, 4) is 5.75 Å². The van der Waals surface area contributed by atoms with Gasteiger partial charge in [0.05, 0.1) is 11.6 Å². The first kappa shape index (κ1) is 15.0. The SMILES string of the molecule is Cc1ccc(C(=O)NC(C)c2ccc(F)cc2F)c(O)c1. The number of aryl methyl sites for hydroxylation is 1. The molecule has 0 aliphatic carbocycles. The molecule has 2 rings (SSSR count). The highest BCUT2D eigenvalue weighted by Gasteiger charge is 2.17. The summed E-state index contributed by atoms with van der Waals surface area (Å²) < 4.78 is 26.5. The molecule has 0 spiro atoms. The van der Waals surface area contributed by atoms with Crippen LogP contribution in [0.3, 0.4) is 0 Å². The van der Waals surface area contributed by atoms with E-state index in [2.05, 4.69) is 5.32 Å². The molecular weight excluding hydrogens is 276 g/mol. The number of nitrogens with one attached hydrogen (secondary N) is 1. The van der Waals surface area contributed by atoms with Crippen LogP contribution in [-0.2, 0) is 0 Å². The van der Waals surface area contributed by atoms with Gasteiger partial charge in [0.1, 0.15) is 17.4 Å². The number of aromatic hydroxyl groups is 1. The van der Waals surface area contributed by atoms with Gasteiger partial charge in [-0.05, 0) is 37.6 Å². The van der Waals surface area contributed by atoms with E-state index in [1.54, 1.807) is 19.9 Å². The fourth-order valence-corrected chi connectivity index (χ4v) is 2.04. The van der Waals surface area contributed by atoms with Crippen molar-refractivity contribution in [3.63, 3.8) is 0 Å². The molecule has 0 saturated heterocycles. The highest BCUT2D eigenvalue weighted by molar-refractivity contribution is 5.97. The van der Waals surface area contributed by atoms with Crippen LogP contribution in [0, 0.1) is 18.6 Å². The molecule has 0 fully saturated rings. The van der Waals surface area contributed by atoms with Gasteiger partial charge in [0.25, 0.3) is 5.91 Å². The summed E-state index contributed by atoms with van der Waals surface area (Å²) in [6, 6.07) is 7.18. The van der Waals surface area contributed by atoms with Crippen molar-refractivity contribution in [2.75, 3.05) is 0 Å². The molecule has 2 N–H and O–H groups in total. The number of hydrogen-bond acceptors (Lipinski definition) is 2. The van der Waals surface area contributed by atoms with Crippen LogP contribution >= 0.6 is 0 Å².